The number of benzene rings is 1. The first-order valence-electron chi connectivity index (χ1n) is 4.56. The van der Waals surface area contributed by atoms with E-state index in [0.29, 0.717) is 0 Å². The molecule has 0 fully saturated rings. The number of hydrogen-bond acceptors (Lipinski definition) is 2. The molecule has 0 bridgehead atoms. The summed E-state index contributed by atoms with van der Waals surface area (Å²) in [6.07, 6.45) is 1.69. The van der Waals surface area contributed by atoms with Crippen LogP contribution >= 0.6 is 0 Å². The number of ketones is 1. The number of aryl methyl sites for hydroxylation is 1. The van der Waals surface area contributed by atoms with Crippen molar-refractivity contribution in [3.8, 4) is 0 Å². The third-order valence-electron chi connectivity index (χ3n) is 2.64. The van der Waals surface area contributed by atoms with Crippen molar-refractivity contribution < 1.29 is 9.90 Å². The van der Waals surface area contributed by atoms with Crippen molar-refractivity contribution in [2.24, 2.45) is 5.92 Å². The van der Waals surface area contributed by atoms with E-state index in [4.69, 9.17) is 5.11 Å². The molecule has 1 aromatic carbocycles. The van der Waals surface area contributed by atoms with Gasteiger partial charge in [-0.1, -0.05) is 24.3 Å². The van der Waals surface area contributed by atoms with Gasteiger partial charge in [-0.15, -0.1) is 0 Å². The molecular formula is C11H12O2. The molecule has 0 radical (unpaired) electrons. The van der Waals surface area contributed by atoms with Crippen molar-refractivity contribution in [2.45, 2.75) is 12.8 Å². The van der Waals surface area contributed by atoms with Crippen molar-refractivity contribution in [3.05, 3.63) is 35.4 Å². The van der Waals surface area contributed by atoms with Crippen molar-refractivity contribution in [2.75, 3.05) is 6.61 Å². The monoisotopic (exact) mass is 176 g/mol. The summed E-state index contributed by atoms with van der Waals surface area (Å²) in [7, 11) is 0. The second-order valence-electron chi connectivity index (χ2n) is 3.44. The molecule has 13 heavy (non-hydrogen) atoms. The van der Waals surface area contributed by atoms with Crippen LogP contribution < -0.4 is 0 Å². The van der Waals surface area contributed by atoms with Gasteiger partial charge in [0.25, 0.3) is 0 Å². The van der Waals surface area contributed by atoms with Crippen LogP contribution in [0.1, 0.15) is 22.3 Å². The highest BCUT2D eigenvalue weighted by Gasteiger charge is 2.25. The molecule has 68 valence electrons. The Hall–Kier alpha value is -1.15. The maximum atomic E-state index is 11.7. The number of rotatable bonds is 1. The summed E-state index contributed by atoms with van der Waals surface area (Å²) in [4.78, 5) is 11.7. The lowest BCUT2D eigenvalue weighted by molar-refractivity contribution is 0.0837. The number of carbonyl (C=O) groups excluding carboxylic acids is 1. The minimum atomic E-state index is -0.171. The zero-order valence-corrected chi connectivity index (χ0v) is 7.36. The van der Waals surface area contributed by atoms with Gasteiger partial charge in [0.15, 0.2) is 5.78 Å². The Kier molecular flexibility index (Phi) is 2.15. The van der Waals surface area contributed by atoms with Gasteiger partial charge in [-0.2, -0.15) is 0 Å². The first-order valence-corrected chi connectivity index (χ1v) is 4.56. The topological polar surface area (TPSA) is 37.3 Å². The lowest BCUT2D eigenvalue weighted by atomic mass is 9.83. The molecule has 0 heterocycles. The number of hydrogen-bond donors (Lipinski definition) is 1. The van der Waals surface area contributed by atoms with Crippen molar-refractivity contribution >= 4 is 5.78 Å². The second kappa shape index (κ2) is 3.30. The zero-order valence-electron chi connectivity index (χ0n) is 7.36. The molecule has 1 atom stereocenters. The van der Waals surface area contributed by atoms with Gasteiger partial charge >= 0.3 is 0 Å². The molecule has 0 saturated heterocycles. The van der Waals surface area contributed by atoms with E-state index in [0.717, 1.165) is 24.0 Å². The van der Waals surface area contributed by atoms with Gasteiger partial charge in [0.1, 0.15) is 0 Å². The Balaban J connectivity index is 2.39. The van der Waals surface area contributed by atoms with Crippen LogP contribution in [0.4, 0.5) is 0 Å². The Morgan fingerprint density at radius 2 is 2.15 bits per heavy atom. The summed E-state index contributed by atoms with van der Waals surface area (Å²) >= 11 is 0. The van der Waals surface area contributed by atoms with Gasteiger partial charge in [0.05, 0.1) is 6.61 Å². The number of Topliss-reactive ketones (excluding diaryl/α,β-unsaturated/α-hetero) is 1. The van der Waals surface area contributed by atoms with Crippen molar-refractivity contribution in [1.29, 1.82) is 0 Å². The van der Waals surface area contributed by atoms with E-state index in [1.165, 1.54) is 0 Å². The summed E-state index contributed by atoms with van der Waals surface area (Å²) in [5, 5.41) is 8.97. The Morgan fingerprint density at radius 1 is 1.38 bits per heavy atom. The third kappa shape index (κ3) is 1.38. The molecule has 1 aliphatic carbocycles. The SMILES string of the molecule is O=C1c2ccccc2CCC1CO. The van der Waals surface area contributed by atoms with E-state index in [9.17, 15) is 4.79 Å². The van der Waals surface area contributed by atoms with E-state index in [1.54, 1.807) is 0 Å². The summed E-state index contributed by atoms with van der Waals surface area (Å²) in [6.45, 7) is -0.0207. The predicted octanol–water partition coefficient (Wildman–Crippen LogP) is 1.42. The van der Waals surface area contributed by atoms with Gasteiger partial charge in [-0.05, 0) is 18.4 Å². The van der Waals surface area contributed by atoms with Crippen LogP contribution in [0.25, 0.3) is 0 Å². The average Bonchev–Trinajstić information content (AvgIpc) is 2.19. The first kappa shape index (κ1) is 8.45. The fourth-order valence-electron chi connectivity index (χ4n) is 1.83. The maximum Gasteiger partial charge on any atom is 0.168 e. The minimum absolute atomic E-state index is 0.0207. The molecule has 2 nitrogen and oxygen atoms in total. The number of aliphatic hydroxyl groups is 1. The molecule has 0 amide bonds. The normalized spacial score (nSPS) is 21.3. The molecule has 1 aromatic rings. The van der Waals surface area contributed by atoms with Crippen molar-refractivity contribution in [1.82, 2.24) is 0 Å². The lowest BCUT2D eigenvalue weighted by Gasteiger charge is -2.21. The Labute approximate surface area is 77.2 Å². The lowest BCUT2D eigenvalue weighted by Crippen LogP contribution is -2.25. The van der Waals surface area contributed by atoms with E-state index >= 15 is 0 Å². The van der Waals surface area contributed by atoms with Crippen LogP contribution in [-0.4, -0.2) is 17.5 Å². The fourth-order valence-corrected chi connectivity index (χ4v) is 1.83. The average molecular weight is 176 g/mol. The highest BCUT2D eigenvalue weighted by atomic mass is 16.3. The summed E-state index contributed by atoms with van der Waals surface area (Å²) < 4.78 is 0. The van der Waals surface area contributed by atoms with Crippen LogP contribution in [0, 0.1) is 5.92 Å². The molecular weight excluding hydrogens is 164 g/mol. The van der Waals surface area contributed by atoms with Crippen LogP contribution in [0.2, 0.25) is 0 Å². The van der Waals surface area contributed by atoms with Gasteiger partial charge in [-0.25, -0.2) is 0 Å². The Morgan fingerprint density at radius 3 is 2.92 bits per heavy atom. The molecule has 0 aromatic heterocycles. The largest absolute Gasteiger partial charge is 0.396 e. The summed E-state index contributed by atoms with van der Waals surface area (Å²) in [6, 6.07) is 7.65. The standard InChI is InChI=1S/C11H12O2/c12-7-9-6-5-8-3-1-2-4-10(8)11(9)13/h1-4,9,12H,5-7H2. The van der Waals surface area contributed by atoms with Crippen LogP contribution in [0.15, 0.2) is 24.3 Å². The third-order valence-corrected chi connectivity index (χ3v) is 2.64. The minimum Gasteiger partial charge on any atom is -0.396 e. The molecule has 0 saturated carbocycles. The van der Waals surface area contributed by atoms with Gasteiger partial charge in [0, 0.05) is 11.5 Å². The van der Waals surface area contributed by atoms with E-state index in [-0.39, 0.29) is 18.3 Å². The highest BCUT2D eigenvalue weighted by Crippen LogP contribution is 2.24. The van der Waals surface area contributed by atoms with E-state index in [1.807, 2.05) is 24.3 Å². The van der Waals surface area contributed by atoms with E-state index in [2.05, 4.69) is 0 Å². The van der Waals surface area contributed by atoms with Gasteiger partial charge in [-0.3, -0.25) is 4.79 Å². The predicted molar refractivity (Wildman–Crippen MR) is 49.7 cm³/mol. The molecule has 0 spiro atoms. The van der Waals surface area contributed by atoms with Gasteiger partial charge < -0.3 is 5.11 Å². The molecule has 1 unspecified atom stereocenters. The molecule has 1 aliphatic rings. The van der Waals surface area contributed by atoms with Gasteiger partial charge in [0.2, 0.25) is 0 Å². The fraction of sp³-hybridized carbons (Fsp3) is 0.364. The highest BCUT2D eigenvalue weighted by molar-refractivity contribution is 6.00. The second-order valence-corrected chi connectivity index (χ2v) is 3.44. The van der Waals surface area contributed by atoms with Crippen molar-refractivity contribution in [3.63, 3.8) is 0 Å². The smallest absolute Gasteiger partial charge is 0.168 e. The molecule has 1 N–H and O–H groups in total. The summed E-state index contributed by atoms with van der Waals surface area (Å²) in [5.74, 6) is -0.0701. The molecule has 2 rings (SSSR count). The number of fused-ring (bicyclic) bond motifs is 1. The van der Waals surface area contributed by atoms with Crippen LogP contribution in [0.5, 0.6) is 0 Å². The number of carbonyl (C=O) groups is 1. The first-order chi connectivity index (χ1) is 6.33. The quantitative estimate of drug-likeness (QED) is 0.702. The van der Waals surface area contributed by atoms with Crippen LogP contribution in [0.3, 0.4) is 0 Å². The van der Waals surface area contributed by atoms with Crippen LogP contribution in [-0.2, 0) is 6.42 Å². The zero-order chi connectivity index (χ0) is 9.26. The Bertz CT molecular complexity index is 331. The number of aliphatic hydroxyl groups excluding tert-OH is 1. The maximum absolute atomic E-state index is 11.7. The van der Waals surface area contributed by atoms with E-state index < -0.39 is 0 Å². The molecule has 2 heteroatoms. The summed E-state index contributed by atoms with van der Waals surface area (Å²) in [5.41, 5.74) is 1.92. The molecule has 0 aliphatic heterocycles.